The summed E-state index contributed by atoms with van der Waals surface area (Å²) in [4.78, 5) is 11.3. The lowest BCUT2D eigenvalue weighted by atomic mass is 10.0. The summed E-state index contributed by atoms with van der Waals surface area (Å²) in [5.41, 5.74) is 7.04. The number of nitrogens with zero attached hydrogens (tertiary/aromatic N) is 2. The van der Waals surface area contributed by atoms with Crippen molar-refractivity contribution in [2.24, 2.45) is 11.7 Å². The molecule has 3 N–H and O–H groups in total. The van der Waals surface area contributed by atoms with Crippen molar-refractivity contribution in [1.29, 1.82) is 0 Å². The van der Waals surface area contributed by atoms with Crippen LogP contribution < -0.4 is 11.1 Å². The van der Waals surface area contributed by atoms with Gasteiger partial charge in [-0.1, -0.05) is 25.4 Å². The van der Waals surface area contributed by atoms with Gasteiger partial charge in [0.15, 0.2) is 11.0 Å². The number of anilines is 1. The quantitative estimate of drug-likeness (QED) is 0.859. The van der Waals surface area contributed by atoms with Crippen molar-refractivity contribution in [3.05, 3.63) is 16.3 Å². The van der Waals surface area contributed by atoms with Gasteiger partial charge in [0, 0.05) is 0 Å². The molecule has 0 aromatic carbocycles. The fraction of sp³-hybridized carbons (Fsp3) is 0.545. The fourth-order valence-electron chi connectivity index (χ4n) is 1.43. The molecule has 0 aliphatic rings. The van der Waals surface area contributed by atoms with Gasteiger partial charge in [0.1, 0.15) is 6.04 Å². The maximum absolute atomic E-state index is 11.3. The molecule has 0 saturated carbocycles. The van der Waals surface area contributed by atoms with Crippen molar-refractivity contribution < 1.29 is 4.79 Å². The van der Waals surface area contributed by atoms with Crippen LogP contribution in [0, 0.1) is 19.8 Å². The van der Waals surface area contributed by atoms with Gasteiger partial charge in [0.25, 0.3) is 0 Å². The van der Waals surface area contributed by atoms with Gasteiger partial charge in [-0.15, -0.1) is 10.2 Å². The minimum Gasteiger partial charge on any atom is -0.368 e. The zero-order chi connectivity index (χ0) is 13.2. The highest BCUT2D eigenvalue weighted by molar-refractivity contribution is 6.30. The van der Waals surface area contributed by atoms with Gasteiger partial charge in [0.2, 0.25) is 5.91 Å². The van der Waals surface area contributed by atoms with E-state index in [4.69, 9.17) is 17.3 Å². The maximum atomic E-state index is 11.3. The van der Waals surface area contributed by atoms with Crippen molar-refractivity contribution in [2.45, 2.75) is 33.7 Å². The predicted octanol–water partition coefficient (Wildman–Crippen LogP) is 1.67. The first kappa shape index (κ1) is 13.7. The van der Waals surface area contributed by atoms with Gasteiger partial charge in [-0.25, -0.2) is 0 Å². The standard InChI is InChI=1S/C11H17ClN4O/c1-5(2)8(10(13)17)14-11-7(4)6(3)9(12)15-16-11/h5,8H,1-4H3,(H2,13,17)(H,14,16). The zero-order valence-electron chi connectivity index (χ0n) is 10.4. The minimum atomic E-state index is -0.469. The molecule has 0 aliphatic carbocycles. The molecule has 17 heavy (non-hydrogen) atoms. The zero-order valence-corrected chi connectivity index (χ0v) is 11.2. The Hall–Kier alpha value is -1.36. The van der Waals surface area contributed by atoms with Crippen molar-refractivity contribution in [3.8, 4) is 0 Å². The first-order chi connectivity index (χ1) is 7.84. The van der Waals surface area contributed by atoms with Crippen LogP contribution in [0.25, 0.3) is 0 Å². The number of primary amides is 1. The number of nitrogens with one attached hydrogen (secondary N) is 1. The first-order valence-electron chi connectivity index (χ1n) is 5.39. The summed E-state index contributed by atoms with van der Waals surface area (Å²) in [5, 5.41) is 11.1. The van der Waals surface area contributed by atoms with Gasteiger partial charge in [-0.05, 0) is 30.9 Å². The number of halogens is 1. The molecular weight excluding hydrogens is 240 g/mol. The smallest absolute Gasteiger partial charge is 0.240 e. The highest BCUT2D eigenvalue weighted by Crippen LogP contribution is 2.22. The monoisotopic (exact) mass is 256 g/mol. The average molecular weight is 257 g/mol. The summed E-state index contributed by atoms with van der Waals surface area (Å²) in [6, 6.07) is -0.469. The van der Waals surface area contributed by atoms with Crippen LogP contribution in [0.4, 0.5) is 5.82 Å². The molecule has 1 heterocycles. The number of carbonyl (C=O) groups is 1. The lowest BCUT2D eigenvalue weighted by Gasteiger charge is -2.20. The second kappa shape index (κ2) is 5.31. The first-order valence-corrected chi connectivity index (χ1v) is 5.77. The molecule has 1 aromatic rings. The Labute approximate surface area is 106 Å². The van der Waals surface area contributed by atoms with E-state index < -0.39 is 11.9 Å². The lowest BCUT2D eigenvalue weighted by Crippen LogP contribution is -2.40. The van der Waals surface area contributed by atoms with E-state index in [2.05, 4.69) is 15.5 Å². The second-order valence-corrected chi connectivity index (χ2v) is 4.72. The van der Waals surface area contributed by atoms with Gasteiger partial charge < -0.3 is 11.1 Å². The number of amides is 1. The van der Waals surface area contributed by atoms with Gasteiger partial charge in [-0.3, -0.25) is 4.79 Å². The average Bonchev–Trinajstić information content (AvgIpc) is 2.24. The number of aromatic nitrogens is 2. The lowest BCUT2D eigenvalue weighted by molar-refractivity contribution is -0.119. The Morgan fingerprint density at radius 2 is 1.88 bits per heavy atom. The molecule has 1 atom stereocenters. The summed E-state index contributed by atoms with van der Waals surface area (Å²) in [7, 11) is 0. The second-order valence-electron chi connectivity index (χ2n) is 4.36. The SMILES string of the molecule is Cc1c(Cl)nnc(NC(C(N)=O)C(C)C)c1C. The molecule has 0 fully saturated rings. The third-order valence-electron chi connectivity index (χ3n) is 2.73. The van der Waals surface area contributed by atoms with Crippen LogP contribution in [0.3, 0.4) is 0 Å². The van der Waals surface area contributed by atoms with Gasteiger partial charge >= 0.3 is 0 Å². The topological polar surface area (TPSA) is 80.9 Å². The molecule has 1 rings (SSSR count). The number of hydrogen-bond donors (Lipinski definition) is 2. The summed E-state index contributed by atoms with van der Waals surface area (Å²) in [6.07, 6.45) is 0. The van der Waals surface area contributed by atoms with E-state index >= 15 is 0 Å². The Balaban J connectivity index is 3.02. The molecule has 0 spiro atoms. The van der Waals surface area contributed by atoms with E-state index in [1.807, 2.05) is 27.7 Å². The molecule has 1 amide bonds. The molecule has 0 saturated heterocycles. The summed E-state index contributed by atoms with van der Waals surface area (Å²) in [6.45, 7) is 7.55. The van der Waals surface area contributed by atoms with E-state index in [0.717, 1.165) is 11.1 Å². The van der Waals surface area contributed by atoms with Crippen molar-refractivity contribution in [3.63, 3.8) is 0 Å². The van der Waals surface area contributed by atoms with E-state index in [0.29, 0.717) is 11.0 Å². The van der Waals surface area contributed by atoms with E-state index in [1.165, 1.54) is 0 Å². The van der Waals surface area contributed by atoms with Crippen LogP contribution in [0.2, 0.25) is 5.15 Å². The third-order valence-corrected chi connectivity index (χ3v) is 3.09. The molecule has 0 aliphatic heterocycles. The Morgan fingerprint density at radius 1 is 1.29 bits per heavy atom. The minimum absolute atomic E-state index is 0.0738. The van der Waals surface area contributed by atoms with Crippen molar-refractivity contribution in [1.82, 2.24) is 10.2 Å². The number of rotatable bonds is 4. The Kier molecular flexibility index (Phi) is 4.28. The number of carbonyl (C=O) groups excluding carboxylic acids is 1. The van der Waals surface area contributed by atoms with Gasteiger partial charge in [0.05, 0.1) is 0 Å². The highest BCUT2D eigenvalue weighted by atomic mass is 35.5. The van der Waals surface area contributed by atoms with Gasteiger partial charge in [-0.2, -0.15) is 0 Å². The summed E-state index contributed by atoms with van der Waals surface area (Å²) < 4.78 is 0. The van der Waals surface area contributed by atoms with Crippen molar-refractivity contribution in [2.75, 3.05) is 5.32 Å². The molecule has 5 nitrogen and oxygen atoms in total. The molecule has 0 bridgehead atoms. The molecule has 1 aromatic heterocycles. The third kappa shape index (κ3) is 3.06. The van der Waals surface area contributed by atoms with Crippen molar-refractivity contribution >= 4 is 23.3 Å². The highest BCUT2D eigenvalue weighted by Gasteiger charge is 2.21. The summed E-state index contributed by atoms with van der Waals surface area (Å²) in [5.74, 6) is 0.211. The Bertz CT molecular complexity index is 434. The van der Waals surface area contributed by atoms with E-state index in [1.54, 1.807) is 0 Å². The molecule has 1 unspecified atom stereocenters. The van der Waals surface area contributed by atoms with Crippen LogP contribution >= 0.6 is 11.6 Å². The van der Waals surface area contributed by atoms with Crippen LogP contribution in [0.1, 0.15) is 25.0 Å². The normalized spacial score (nSPS) is 12.6. The number of nitrogens with two attached hydrogens (primary N) is 1. The largest absolute Gasteiger partial charge is 0.368 e. The van der Waals surface area contributed by atoms with Crippen LogP contribution in [-0.2, 0) is 4.79 Å². The molecule has 94 valence electrons. The predicted molar refractivity (Wildman–Crippen MR) is 68.0 cm³/mol. The van der Waals surface area contributed by atoms with Crippen LogP contribution in [-0.4, -0.2) is 22.1 Å². The molecular formula is C11H17ClN4O. The van der Waals surface area contributed by atoms with E-state index in [9.17, 15) is 4.79 Å². The Morgan fingerprint density at radius 3 is 2.35 bits per heavy atom. The fourth-order valence-corrected chi connectivity index (χ4v) is 1.61. The summed E-state index contributed by atoms with van der Waals surface area (Å²) >= 11 is 5.85. The number of hydrogen-bond acceptors (Lipinski definition) is 4. The van der Waals surface area contributed by atoms with Crippen LogP contribution in [0.15, 0.2) is 0 Å². The maximum Gasteiger partial charge on any atom is 0.240 e. The van der Waals surface area contributed by atoms with E-state index in [-0.39, 0.29) is 5.92 Å². The van der Waals surface area contributed by atoms with Crippen LogP contribution in [0.5, 0.6) is 0 Å². The molecule has 0 radical (unpaired) electrons. The molecule has 6 heteroatoms.